The molecular weight excluding hydrogens is 418 g/mol. The van der Waals surface area contributed by atoms with E-state index in [4.69, 9.17) is 0 Å². The second-order valence-corrected chi connectivity index (χ2v) is 10.1. The van der Waals surface area contributed by atoms with E-state index in [0.717, 1.165) is 16.0 Å². The number of anilines is 2. The van der Waals surface area contributed by atoms with Crippen LogP contribution in [0, 0.1) is 25.2 Å². The standard InChI is InChI=1S/C22H19N3O3S2/c1-14-15(2)29-22(19(14)13-23)24-21(26)17-7-9-18(10-8-17)30(27,28)25-12-11-16-5-3-4-6-20(16)25/h3-10H,11-12H2,1-2H3,(H,24,26). The van der Waals surface area contributed by atoms with Crippen LogP contribution in [0.25, 0.3) is 0 Å². The molecule has 0 saturated carbocycles. The average molecular weight is 438 g/mol. The number of rotatable bonds is 4. The van der Waals surface area contributed by atoms with Crippen molar-refractivity contribution < 1.29 is 13.2 Å². The maximum Gasteiger partial charge on any atom is 0.264 e. The molecule has 8 heteroatoms. The van der Waals surface area contributed by atoms with Gasteiger partial charge in [0.1, 0.15) is 11.1 Å². The summed E-state index contributed by atoms with van der Waals surface area (Å²) in [7, 11) is -3.71. The molecule has 1 aliphatic rings. The lowest BCUT2D eigenvalue weighted by atomic mass is 10.2. The molecule has 2 heterocycles. The number of benzene rings is 2. The van der Waals surface area contributed by atoms with Crippen LogP contribution in [-0.4, -0.2) is 20.9 Å². The van der Waals surface area contributed by atoms with Crippen LogP contribution in [0.4, 0.5) is 10.7 Å². The van der Waals surface area contributed by atoms with Gasteiger partial charge in [0.25, 0.3) is 15.9 Å². The van der Waals surface area contributed by atoms with E-state index in [0.29, 0.717) is 34.8 Å². The van der Waals surface area contributed by atoms with Crippen LogP contribution in [0.15, 0.2) is 53.4 Å². The molecule has 0 spiro atoms. The minimum Gasteiger partial charge on any atom is -0.312 e. The number of para-hydroxylation sites is 1. The first-order valence-electron chi connectivity index (χ1n) is 9.35. The van der Waals surface area contributed by atoms with Gasteiger partial charge in [0, 0.05) is 17.0 Å². The third-order valence-electron chi connectivity index (χ3n) is 5.27. The summed E-state index contributed by atoms with van der Waals surface area (Å²) in [5, 5.41) is 12.6. The molecule has 1 aliphatic heterocycles. The van der Waals surface area contributed by atoms with Crippen molar-refractivity contribution in [2.45, 2.75) is 25.2 Å². The van der Waals surface area contributed by atoms with Crippen molar-refractivity contribution in [3.05, 3.63) is 75.7 Å². The maximum atomic E-state index is 13.1. The highest BCUT2D eigenvalue weighted by atomic mass is 32.2. The highest BCUT2D eigenvalue weighted by Gasteiger charge is 2.30. The number of nitrogens with zero attached hydrogens (tertiary/aromatic N) is 2. The van der Waals surface area contributed by atoms with Crippen LogP contribution in [-0.2, 0) is 16.4 Å². The Labute approximate surface area is 179 Å². The molecule has 30 heavy (non-hydrogen) atoms. The average Bonchev–Trinajstić information content (AvgIpc) is 3.29. The molecule has 3 aromatic rings. The van der Waals surface area contributed by atoms with Gasteiger partial charge in [0.05, 0.1) is 16.1 Å². The van der Waals surface area contributed by atoms with Gasteiger partial charge in [-0.15, -0.1) is 11.3 Å². The summed E-state index contributed by atoms with van der Waals surface area (Å²) in [4.78, 5) is 13.7. The molecule has 152 valence electrons. The molecule has 1 aromatic heterocycles. The number of sulfonamides is 1. The number of hydrogen-bond acceptors (Lipinski definition) is 5. The maximum absolute atomic E-state index is 13.1. The lowest BCUT2D eigenvalue weighted by molar-refractivity contribution is 0.102. The highest BCUT2D eigenvalue weighted by molar-refractivity contribution is 7.92. The molecule has 0 radical (unpaired) electrons. The van der Waals surface area contributed by atoms with E-state index in [-0.39, 0.29) is 10.8 Å². The second-order valence-electron chi connectivity index (χ2n) is 7.03. The zero-order valence-corrected chi connectivity index (χ0v) is 18.1. The van der Waals surface area contributed by atoms with Crippen LogP contribution in [0.5, 0.6) is 0 Å². The van der Waals surface area contributed by atoms with Gasteiger partial charge < -0.3 is 5.32 Å². The summed E-state index contributed by atoms with van der Waals surface area (Å²) in [6.45, 7) is 4.14. The second kappa shape index (κ2) is 7.59. The van der Waals surface area contributed by atoms with Crippen LogP contribution in [0.1, 0.15) is 31.9 Å². The van der Waals surface area contributed by atoms with E-state index in [1.54, 1.807) is 6.07 Å². The number of carbonyl (C=O) groups is 1. The first-order chi connectivity index (χ1) is 14.3. The van der Waals surface area contributed by atoms with Crippen LogP contribution in [0.3, 0.4) is 0 Å². The lowest BCUT2D eigenvalue weighted by Crippen LogP contribution is -2.29. The van der Waals surface area contributed by atoms with Gasteiger partial charge in [0.2, 0.25) is 0 Å². The fourth-order valence-corrected chi connectivity index (χ4v) is 6.00. The number of fused-ring (bicyclic) bond motifs is 1. The van der Waals surface area contributed by atoms with E-state index >= 15 is 0 Å². The van der Waals surface area contributed by atoms with Gasteiger partial charge in [-0.1, -0.05) is 18.2 Å². The molecule has 1 N–H and O–H groups in total. The van der Waals surface area contributed by atoms with Crippen molar-refractivity contribution in [2.75, 3.05) is 16.2 Å². The van der Waals surface area contributed by atoms with Gasteiger partial charge in [-0.05, 0) is 61.7 Å². The topological polar surface area (TPSA) is 90.3 Å². The fourth-order valence-electron chi connectivity index (χ4n) is 3.49. The first-order valence-corrected chi connectivity index (χ1v) is 11.6. The van der Waals surface area contributed by atoms with E-state index < -0.39 is 10.0 Å². The Bertz CT molecular complexity index is 1290. The predicted octanol–water partition coefficient (Wildman–Crippen LogP) is 4.24. The Hall–Kier alpha value is -3.15. The first kappa shape index (κ1) is 20.1. The van der Waals surface area contributed by atoms with Gasteiger partial charge in [0.15, 0.2) is 0 Å². The number of nitrogens with one attached hydrogen (secondary N) is 1. The van der Waals surface area contributed by atoms with E-state index in [2.05, 4.69) is 11.4 Å². The molecule has 1 amide bonds. The molecule has 6 nitrogen and oxygen atoms in total. The van der Waals surface area contributed by atoms with Crippen LogP contribution < -0.4 is 9.62 Å². The minimum absolute atomic E-state index is 0.135. The van der Waals surface area contributed by atoms with Gasteiger partial charge in [-0.2, -0.15) is 5.26 Å². The monoisotopic (exact) mass is 437 g/mol. The SMILES string of the molecule is Cc1sc(NC(=O)c2ccc(S(=O)(=O)N3CCc4ccccc43)cc2)c(C#N)c1C. The minimum atomic E-state index is -3.71. The zero-order valence-electron chi connectivity index (χ0n) is 16.5. The summed E-state index contributed by atoms with van der Waals surface area (Å²) in [6.07, 6.45) is 0.677. The largest absolute Gasteiger partial charge is 0.312 e. The van der Waals surface area contributed by atoms with Gasteiger partial charge in [-0.25, -0.2) is 8.42 Å². The van der Waals surface area contributed by atoms with Crippen molar-refractivity contribution in [2.24, 2.45) is 0 Å². The Morgan fingerprint density at radius 2 is 1.83 bits per heavy atom. The smallest absolute Gasteiger partial charge is 0.264 e. The number of nitriles is 1. The molecular formula is C22H19N3O3S2. The van der Waals surface area contributed by atoms with Crippen molar-refractivity contribution in [3.8, 4) is 6.07 Å². The predicted molar refractivity (Wildman–Crippen MR) is 118 cm³/mol. The summed E-state index contributed by atoms with van der Waals surface area (Å²) in [5.41, 5.74) is 3.34. The molecule has 0 unspecified atom stereocenters. The highest BCUT2D eigenvalue weighted by Crippen LogP contribution is 2.33. The normalized spacial score (nSPS) is 13.0. The summed E-state index contributed by atoms with van der Waals surface area (Å²) in [5.74, 6) is -0.386. The third-order valence-corrected chi connectivity index (χ3v) is 8.22. The van der Waals surface area contributed by atoms with Crippen molar-refractivity contribution in [3.63, 3.8) is 0 Å². The Morgan fingerprint density at radius 1 is 1.13 bits per heavy atom. The molecule has 2 aromatic carbocycles. The summed E-state index contributed by atoms with van der Waals surface area (Å²) in [6, 6.07) is 15.5. The van der Waals surface area contributed by atoms with E-state index in [1.807, 2.05) is 32.0 Å². The number of carbonyl (C=O) groups excluding carboxylic acids is 1. The Morgan fingerprint density at radius 3 is 2.53 bits per heavy atom. The summed E-state index contributed by atoms with van der Waals surface area (Å²) < 4.78 is 27.6. The molecule has 0 bridgehead atoms. The van der Waals surface area contributed by atoms with Gasteiger partial charge >= 0.3 is 0 Å². The number of thiophene rings is 1. The molecule has 4 rings (SSSR count). The lowest BCUT2D eigenvalue weighted by Gasteiger charge is -2.19. The van der Waals surface area contributed by atoms with Crippen molar-refractivity contribution >= 4 is 38.0 Å². The molecule has 0 saturated heterocycles. The van der Waals surface area contributed by atoms with Crippen LogP contribution >= 0.6 is 11.3 Å². The summed E-state index contributed by atoms with van der Waals surface area (Å²) >= 11 is 1.35. The number of hydrogen-bond donors (Lipinski definition) is 1. The van der Waals surface area contributed by atoms with E-state index in [9.17, 15) is 18.5 Å². The Kier molecular flexibility index (Phi) is 5.10. The zero-order chi connectivity index (χ0) is 21.5. The number of aryl methyl sites for hydroxylation is 1. The van der Waals surface area contributed by atoms with Crippen molar-refractivity contribution in [1.82, 2.24) is 0 Å². The quantitative estimate of drug-likeness (QED) is 0.661. The van der Waals surface area contributed by atoms with E-state index in [1.165, 1.54) is 39.9 Å². The Balaban J connectivity index is 1.57. The molecule has 0 atom stereocenters. The molecule has 0 fully saturated rings. The van der Waals surface area contributed by atoms with Crippen LogP contribution in [0.2, 0.25) is 0 Å². The van der Waals surface area contributed by atoms with Gasteiger partial charge in [-0.3, -0.25) is 9.10 Å². The number of amides is 1. The van der Waals surface area contributed by atoms with Crippen molar-refractivity contribution in [1.29, 1.82) is 5.26 Å². The fraction of sp³-hybridized carbons (Fsp3) is 0.182. The molecule has 0 aliphatic carbocycles. The third kappa shape index (κ3) is 3.36.